The molecule has 0 aliphatic heterocycles. The van der Waals surface area contributed by atoms with E-state index in [0.717, 1.165) is 25.8 Å². The Balaban J connectivity index is 2.38. The van der Waals surface area contributed by atoms with Crippen molar-refractivity contribution in [1.82, 2.24) is 5.32 Å². The molecule has 2 atom stereocenters. The van der Waals surface area contributed by atoms with Crippen LogP contribution in [0.3, 0.4) is 0 Å². The van der Waals surface area contributed by atoms with Crippen molar-refractivity contribution < 1.29 is 5.11 Å². The Kier molecular flexibility index (Phi) is 6.12. The predicted octanol–water partition coefficient (Wildman–Crippen LogP) is 2.89. The average Bonchev–Trinajstić information content (AvgIpc) is 2.35. The molecule has 2 N–H and O–H groups in total. The van der Waals surface area contributed by atoms with E-state index in [1.165, 1.54) is 5.56 Å². The van der Waals surface area contributed by atoms with Gasteiger partial charge in [0.25, 0.3) is 0 Å². The van der Waals surface area contributed by atoms with Gasteiger partial charge in [0.15, 0.2) is 0 Å². The second kappa shape index (κ2) is 7.42. The molecule has 2 heteroatoms. The van der Waals surface area contributed by atoms with Gasteiger partial charge in [-0.25, -0.2) is 0 Å². The Morgan fingerprint density at radius 3 is 2.38 bits per heavy atom. The van der Waals surface area contributed by atoms with E-state index in [1.807, 2.05) is 13.0 Å². The summed E-state index contributed by atoms with van der Waals surface area (Å²) in [7, 11) is 0. The maximum absolute atomic E-state index is 9.47. The molecule has 0 aliphatic rings. The third-order valence-corrected chi connectivity index (χ3v) is 2.95. The molecule has 0 aromatic heterocycles. The van der Waals surface area contributed by atoms with Crippen LogP contribution in [0.25, 0.3) is 0 Å². The lowest BCUT2D eigenvalue weighted by Gasteiger charge is -2.18. The molecule has 0 bridgehead atoms. The SMILES string of the molecule is CCC(O)CCNC(CC)c1ccccc1. The van der Waals surface area contributed by atoms with Crippen molar-refractivity contribution in [3.8, 4) is 0 Å². The van der Waals surface area contributed by atoms with Gasteiger partial charge in [-0.3, -0.25) is 0 Å². The molecule has 2 unspecified atom stereocenters. The monoisotopic (exact) mass is 221 g/mol. The zero-order valence-corrected chi connectivity index (χ0v) is 10.3. The van der Waals surface area contributed by atoms with E-state index in [9.17, 15) is 5.11 Å². The number of rotatable bonds is 7. The van der Waals surface area contributed by atoms with Gasteiger partial charge in [0.1, 0.15) is 0 Å². The van der Waals surface area contributed by atoms with Gasteiger partial charge < -0.3 is 10.4 Å². The lowest BCUT2D eigenvalue weighted by molar-refractivity contribution is 0.158. The number of hydrogen-bond acceptors (Lipinski definition) is 2. The van der Waals surface area contributed by atoms with Crippen LogP contribution in [-0.2, 0) is 0 Å². The van der Waals surface area contributed by atoms with E-state index in [4.69, 9.17) is 0 Å². The van der Waals surface area contributed by atoms with Crippen molar-refractivity contribution in [1.29, 1.82) is 0 Å². The van der Waals surface area contributed by atoms with Crippen molar-refractivity contribution in [3.63, 3.8) is 0 Å². The van der Waals surface area contributed by atoms with E-state index in [-0.39, 0.29) is 6.10 Å². The highest BCUT2D eigenvalue weighted by Crippen LogP contribution is 2.15. The Morgan fingerprint density at radius 2 is 1.81 bits per heavy atom. The van der Waals surface area contributed by atoms with Gasteiger partial charge in [0.05, 0.1) is 6.10 Å². The maximum atomic E-state index is 9.47. The largest absolute Gasteiger partial charge is 0.393 e. The van der Waals surface area contributed by atoms with Crippen LogP contribution < -0.4 is 5.32 Å². The molecule has 0 spiro atoms. The summed E-state index contributed by atoms with van der Waals surface area (Å²) < 4.78 is 0. The predicted molar refractivity (Wildman–Crippen MR) is 68.4 cm³/mol. The molecule has 0 radical (unpaired) electrons. The minimum Gasteiger partial charge on any atom is -0.393 e. The van der Waals surface area contributed by atoms with E-state index >= 15 is 0 Å². The molecule has 1 aromatic rings. The first-order valence-electron chi connectivity index (χ1n) is 6.24. The van der Waals surface area contributed by atoms with Crippen molar-refractivity contribution in [2.24, 2.45) is 0 Å². The van der Waals surface area contributed by atoms with E-state index < -0.39 is 0 Å². The number of benzene rings is 1. The lowest BCUT2D eigenvalue weighted by atomic mass is 10.0. The van der Waals surface area contributed by atoms with Crippen LogP contribution in [0.2, 0.25) is 0 Å². The summed E-state index contributed by atoms with van der Waals surface area (Å²) in [6.07, 6.45) is 2.58. The summed E-state index contributed by atoms with van der Waals surface area (Å²) in [4.78, 5) is 0. The summed E-state index contributed by atoms with van der Waals surface area (Å²) in [6, 6.07) is 10.9. The molecular weight excluding hydrogens is 198 g/mol. The van der Waals surface area contributed by atoms with E-state index in [1.54, 1.807) is 0 Å². The van der Waals surface area contributed by atoms with Crippen molar-refractivity contribution >= 4 is 0 Å². The second-order valence-electron chi connectivity index (χ2n) is 4.18. The number of aliphatic hydroxyl groups excluding tert-OH is 1. The molecule has 0 amide bonds. The molecule has 0 saturated heterocycles. The van der Waals surface area contributed by atoms with Crippen LogP contribution in [0.4, 0.5) is 0 Å². The van der Waals surface area contributed by atoms with Gasteiger partial charge in [0.2, 0.25) is 0 Å². The normalized spacial score (nSPS) is 14.7. The van der Waals surface area contributed by atoms with Crippen molar-refractivity contribution in [2.45, 2.75) is 45.3 Å². The van der Waals surface area contributed by atoms with Crippen LogP contribution in [0.1, 0.15) is 44.7 Å². The highest BCUT2D eigenvalue weighted by atomic mass is 16.3. The van der Waals surface area contributed by atoms with Crippen LogP contribution in [0.15, 0.2) is 30.3 Å². The zero-order chi connectivity index (χ0) is 11.8. The van der Waals surface area contributed by atoms with E-state index in [0.29, 0.717) is 6.04 Å². The molecule has 1 rings (SSSR count). The molecule has 0 saturated carbocycles. The third kappa shape index (κ3) is 4.33. The summed E-state index contributed by atoms with van der Waals surface area (Å²) in [5, 5.41) is 13.0. The van der Waals surface area contributed by atoms with Crippen molar-refractivity contribution in [3.05, 3.63) is 35.9 Å². The van der Waals surface area contributed by atoms with Crippen LogP contribution in [-0.4, -0.2) is 17.8 Å². The first-order chi connectivity index (χ1) is 7.77. The summed E-state index contributed by atoms with van der Waals surface area (Å²) in [5.74, 6) is 0. The quantitative estimate of drug-likeness (QED) is 0.742. The minimum absolute atomic E-state index is 0.166. The van der Waals surface area contributed by atoms with Crippen LogP contribution >= 0.6 is 0 Å². The Bertz CT molecular complexity index is 273. The van der Waals surface area contributed by atoms with E-state index in [2.05, 4.69) is 36.5 Å². The highest BCUT2D eigenvalue weighted by molar-refractivity contribution is 5.18. The second-order valence-corrected chi connectivity index (χ2v) is 4.18. The first kappa shape index (κ1) is 13.2. The number of nitrogens with one attached hydrogen (secondary N) is 1. The third-order valence-electron chi connectivity index (χ3n) is 2.95. The topological polar surface area (TPSA) is 32.3 Å². The van der Waals surface area contributed by atoms with Gasteiger partial charge in [-0.05, 0) is 31.4 Å². The van der Waals surface area contributed by atoms with Crippen molar-refractivity contribution in [2.75, 3.05) is 6.54 Å². The van der Waals surface area contributed by atoms with Crippen LogP contribution in [0.5, 0.6) is 0 Å². The summed E-state index contributed by atoms with van der Waals surface area (Å²) in [5.41, 5.74) is 1.33. The lowest BCUT2D eigenvalue weighted by Crippen LogP contribution is -2.24. The fourth-order valence-electron chi connectivity index (χ4n) is 1.81. The van der Waals surface area contributed by atoms with Gasteiger partial charge in [-0.15, -0.1) is 0 Å². The fraction of sp³-hybridized carbons (Fsp3) is 0.571. The number of hydrogen-bond donors (Lipinski definition) is 2. The molecule has 2 nitrogen and oxygen atoms in total. The standard InChI is InChI=1S/C14H23NO/c1-3-13(16)10-11-15-14(4-2)12-8-6-5-7-9-12/h5-9,13-16H,3-4,10-11H2,1-2H3. The number of aliphatic hydroxyl groups is 1. The van der Waals surface area contributed by atoms with Gasteiger partial charge in [0, 0.05) is 6.04 Å². The molecule has 90 valence electrons. The Labute approximate surface area is 98.7 Å². The summed E-state index contributed by atoms with van der Waals surface area (Å²) in [6.45, 7) is 5.07. The van der Waals surface area contributed by atoms with Gasteiger partial charge >= 0.3 is 0 Å². The fourth-order valence-corrected chi connectivity index (χ4v) is 1.81. The minimum atomic E-state index is -0.166. The highest BCUT2D eigenvalue weighted by Gasteiger charge is 2.08. The molecule has 0 aliphatic carbocycles. The average molecular weight is 221 g/mol. The maximum Gasteiger partial charge on any atom is 0.0549 e. The molecular formula is C14H23NO. The Hall–Kier alpha value is -0.860. The molecule has 0 heterocycles. The van der Waals surface area contributed by atoms with Crippen LogP contribution in [0, 0.1) is 0 Å². The Morgan fingerprint density at radius 1 is 1.12 bits per heavy atom. The molecule has 0 fully saturated rings. The smallest absolute Gasteiger partial charge is 0.0549 e. The molecule has 1 aromatic carbocycles. The molecule has 16 heavy (non-hydrogen) atoms. The van der Waals surface area contributed by atoms with Gasteiger partial charge in [-0.2, -0.15) is 0 Å². The van der Waals surface area contributed by atoms with Gasteiger partial charge in [-0.1, -0.05) is 44.2 Å². The summed E-state index contributed by atoms with van der Waals surface area (Å²) >= 11 is 0. The first-order valence-corrected chi connectivity index (χ1v) is 6.24. The zero-order valence-electron chi connectivity index (χ0n) is 10.3.